The third-order valence-electron chi connectivity index (χ3n) is 3.92. The topological polar surface area (TPSA) is 80.7 Å². The monoisotopic (exact) mass is 281 g/mol. The molecule has 1 atom stereocenters. The molecule has 0 aliphatic carbocycles. The molecule has 0 spiro atoms. The summed E-state index contributed by atoms with van der Waals surface area (Å²) in [4.78, 5) is 13.8. The third kappa shape index (κ3) is 3.20. The van der Waals surface area contributed by atoms with Crippen LogP contribution in [0.3, 0.4) is 0 Å². The lowest BCUT2D eigenvalue weighted by Crippen LogP contribution is -2.46. The van der Waals surface area contributed by atoms with Crippen LogP contribution in [0.1, 0.15) is 41.6 Å². The van der Waals surface area contributed by atoms with Crippen LogP contribution in [0.15, 0.2) is 10.5 Å². The Bertz CT molecular complexity index is 486. The van der Waals surface area contributed by atoms with E-state index in [9.17, 15) is 4.79 Å². The van der Waals surface area contributed by atoms with E-state index in [4.69, 9.17) is 15.0 Å². The maximum Gasteiger partial charge on any atom is 0.301 e. The maximum atomic E-state index is 11.5. The molecule has 2 heterocycles. The fourth-order valence-electron chi connectivity index (χ4n) is 2.75. The van der Waals surface area contributed by atoms with Gasteiger partial charge in [0.05, 0.1) is 12.1 Å². The van der Waals surface area contributed by atoms with Gasteiger partial charge in [0.1, 0.15) is 5.76 Å². The minimum absolute atomic E-state index is 0.0999. The summed E-state index contributed by atoms with van der Waals surface area (Å²) in [5.74, 6) is 5.80. The van der Waals surface area contributed by atoms with Gasteiger partial charge in [0, 0.05) is 19.2 Å². The van der Waals surface area contributed by atoms with E-state index in [-0.39, 0.29) is 11.4 Å². The van der Waals surface area contributed by atoms with Crippen LogP contribution in [-0.2, 0) is 11.3 Å². The van der Waals surface area contributed by atoms with E-state index in [0.717, 1.165) is 37.3 Å². The van der Waals surface area contributed by atoms with Gasteiger partial charge in [-0.05, 0) is 39.3 Å². The largest absolute Gasteiger partial charge is 0.454 e. The zero-order chi connectivity index (χ0) is 14.8. The zero-order valence-corrected chi connectivity index (χ0v) is 12.4. The Morgan fingerprint density at radius 1 is 1.65 bits per heavy atom. The van der Waals surface area contributed by atoms with Crippen LogP contribution < -0.4 is 11.3 Å². The van der Waals surface area contributed by atoms with Crippen molar-refractivity contribution < 1.29 is 13.9 Å². The second-order valence-corrected chi connectivity index (χ2v) is 5.67. The molecule has 20 heavy (non-hydrogen) atoms. The second-order valence-electron chi connectivity index (χ2n) is 5.67. The lowest BCUT2D eigenvalue weighted by atomic mass is 9.95. The molecule has 0 aromatic carbocycles. The van der Waals surface area contributed by atoms with Crippen LogP contribution >= 0.6 is 0 Å². The van der Waals surface area contributed by atoms with Crippen molar-refractivity contribution in [1.82, 2.24) is 10.3 Å². The zero-order valence-electron chi connectivity index (χ0n) is 12.4. The van der Waals surface area contributed by atoms with Crippen molar-refractivity contribution >= 4 is 5.91 Å². The SMILES string of the molecule is COC1(C)CCCN(Cc2cc(C)c(C(=O)NN)o2)C1. The van der Waals surface area contributed by atoms with Gasteiger partial charge in [0.25, 0.3) is 0 Å². The Kier molecular flexibility index (Phi) is 4.47. The number of piperidine rings is 1. The molecule has 1 aliphatic rings. The number of hydrogen-bond acceptors (Lipinski definition) is 5. The Morgan fingerprint density at radius 2 is 2.40 bits per heavy atom. The summed E-state index contributed by atoms with van der Waals surface area (Å²) < 4.78 is 11.2. The van der Waals surface area contributed by atoms with Crippen molar-refractivity contribution in [3.05, 3.63) is 23.2 Å². The highest BCUT2D eigenvalue weighted by atomic mass is 16.5. The van der Waals surface area contributed by atoms with Gasteiger partial charge in [0.2, 0.25) is 0 Å². The predicted octanol–water partition coefficient (Wildman–Crippen LogP) is 1.19. The van der Waals surface area contributed by atoms with Crippen molar-refractivity contribution in [2.45, 2.75) is 38.8 Å². The number of amides is 1. The number of furan rings is 1. The smallest absolute Gasteiger partial charge is 0.301 e. The van der Waals surface area contributed by atoms with Gasteiger partial charge in [-0.15, -0.1) is 0 Å². The summed E-state index contributed by atoms with van der Waals surface area (Å²) in [6.07, 6.45) is 2.16. The molecule has 3 N–H and O–H groups in total. The van der Waals surface area contributed by atoms with E-state index < -0.39 is 5.91 Å². The van der Waals surface area contributed by atoms with Gasteiger partial charge in [-0.2, -0.15) is 0 Å². The lowest BCUT2D eigenvalue weighted by Gasteiger charge is -2.39. The van der Waals surface area contributed by atoms with Gasteiger partial charge >= 0.3 is 5.91 Å². The number of ether oxygens (including phenoxy) is 1. The molecule has 6 heteroatoms. The number of nitrogens with zero attached hydrogens (tertiary/aromatic N) is 1. The van der Waals surface area contributed by atoms with Gasteiger partial charge in [-0.1, -0.05) is 0 Å². The molecule has 0 bridgehead atoms. The van der Waals surface area contributed by atoms with Gasteiger partial charge < -0.3 is 9.15 Å². The molecule has 2 rings (SSSR count). The highest BCUT2D eigenvalue weighted by Crippen LogP contribution is 2.26. The lowest BCUT2D eigenvalue weighted by molar-refractivity contribution is -0.0539. The van der Waals surface area contributed by atoms with E-state index in [1.165, 1.54) is 0 Å². The highest BCUT2D eigenvalue weighted by Gasteiger charge is 2.31. The minimum atomic E-state index is -0.394. The first-order valence-electron chi connectivity index (χ1n) is 6.85. The number of aryl methyl sites for hydroxylation is 1. The van der Waals surface area contributed by atoms with E-state index in [2.05, 4.69) is 17.2 Å². The van der Waals surface area contributed by atoms with Gasteiger partial charge in [-0.25, -0.2) is 5.84 Å². The molecule has 0 saturated carbocycles. The number of hydrogen-bond donors (Lipinski definition) is 2. The molecule has 1 aromatic rings. The molecular formula is C14H23N3O3. The van der Waals surface area contributed by atoms with Crippen LogP contribution in [0.4, 0.5) is 0 Å². The molecule has 6 nitrogen and oxygen atoms in total. The Hall–Kier alpha value is -1.37. The molecular weight excluding hydrogens is 258 g/mol. The summed E-state index contributed by atoms with van der Waals surface area (Å²) >= 11 is 0. The van der Waals surface area contributed by atoms with E-state index in [1.807, 2.05) is 13.0 Å². The summed E-state index contributed by atoms with van der Waals surface area (Å²) in [7, 11) is 1.75. The van der Waals surface area contributed by atoms with Crippen LogP contribution in [0.5, 0.6) is 0 Å². The molecule has 112 valence electrons. The van der Waals surface area contributed by atoms with Crippen LogP contribution in [-0.4, -0.2) is 36.6 Å². The fourth-order valence-corrected chi connectivity index (χ4v) is 2.75. The van der Waals surface area contributed by atoms with Crippen LogP contribution in [0.25, 0.3) is 0 Å². The van der Waals surface area contributed by atoms with Crippen molar-refractivity contribution in [2.75, 3.05) is 20.2 Å². The molecule has 0 radical (unpaired) electrons. The first-order valence-corrected chi connectivity index (χ1v) is 6.85. The summed E-state index contributed by atoms with van der Waals surface area (Å²) in [6.45, 7) is 6.52. The first-order chi connectivity index (χ1) is 9.47. The Morgan fingerprint density at radius 3 is 3.05 bits per heavy atom. The van der Waals surface area contributed by atoms with Crippen LogP contribution in [0, 0.1) is 6.92 Å². The predicted molar refractivity (Wildman–Crippen MR) is 75.0 cm³/mol. The standard InChI is InChI=1S/C14H23N3O3/c1-10-7-11(20-12(10)13(18)16-15)8-17-6-4-5-14(2,9-17)19-3/h7H,4-6,8-9,15H2,1-3H3,(H,16,18). The number of hydrazine groups is 1. The summed E-state index contributed by atoms with van der Waals surface area (Å²) in [6, 6.07) is 1.89. The Balaban J connectivity index is 2.05. The van der Waals surface area contributed by atoms with E-state index >= 15 is 0 Å². The summed E-state index contributed by atoms with van der Waals surface area (Å²) in [5.41, 5.74) is 2.80. The van der Waals surface area contributed by atoms with Gasteiger partial charge in [0.15, 0.2) is 5.76 Å². The maximum absolute atomic E-state index is 11.5. The molecule has 1 aliphatic heterocycles. The normalized spacial score (nSPS) is 23.8. The molecule has 1 saturated heterocycles. The van der Waals surface area contributed by atoms with Crippen molar-refractivity contribution in [3.63, 3.8) is 0 Å². The van der Waals surface area contributed by atoms with Crippen molar-refractivity contribution in [2.24, 2.45) is 5.84 Å². The number of likely N-dealkylation sites (tertiary alicyclic amines) is 1. The number of nitrogen functional groups attached to an aromatic ring is 1. The fraction of sp³-hybridized carbons (Fsp3) is 0.643. The quantitative estimate of drug-likeness (QED) is 0.492. The number of nitrogens with one attached hydrogen (secondary N) is 1. The number of carbonyl (C=O) groups excluding carboxylic acids is 1. The number of rotatable bonds is 4. The highest BCUT2D eigenvalue weighted by molar-refractivity contribution is 5.92. The first kappa shape index (κ1) is 15.0. The number of methoxy groups -OCH3 is 1. The summed E-state index contributed by atoms with van der Waals surface area (Å²) in [5, 5.41) is 0. The molecule has 1 amide bonds. The van der Waals surface area contributed by atoms with Crippen molar-refractivity contribution in [1.29, 1.82) is 0 Å². The van der Waals surface area contributed by atoms with Gasteiger partial charge in [-0.3, -0.25) is 15.1 Å². The number of nitrogens with two attached hydrogens (primary N) is 1. The van der Waals surface area contributed by atoms with E-state index in [1.54, 1.807) is 7.11 Å². The number of carbonyl (C=O) groups is 1. The average Bonchev–Trinajstić information content (AvgIpc) is 2.79. The van der Waals surface area contributed by atoms with Crippen molar-refractivity contribution in [3.8, 4) is 0 Å². The molecule has 1 unspecified atom stereocenters. The average molecular weight is 281 g/mol. The van der Waals surface area contributed by atoms with E-state index in [0.29, 0.717) is 6.54 Å². The Labute approximate surface area is 119 Å². The molecule has 1 fully saturated rings. The molecule has 1 aromatic heterocycles. The van der Waals surface area contributed by atoms with Crippen LogP contribution in [0.2, 0.25) is 0 Å². The second kappa shape index (κ2) is 5.95. The minimum Gasteiger partial charge on any atom is -0.454 e. The third-order valence-corrected chi connectivity index (χ3v) is 3.92.